The average Bonchev–Trinajstić information content (AvgIpc) is 2.39. The lowest BCUT2D eigenvalue weighted by Crippen LogP contribution is -1.82. The molecule has 0 aromatic rings. The lowest BCUT2D eigenvalue weighted by atomic mass is 10.0. The molecule has 0 heterocycles. The lowest BCUT2D eigenvalue weighted by Gasteiger charge is -2.02. The van der Waals surface area contributed by atoms with E-state index in [2.05, 4.69) is 18.8 Å². The van der Waals surface area contributed by atoms with Gasteiger partial charge in [-0.05, 0) is 6.42 Å². The zero-order chi connectivity index (χ0) is 13.3. The van der Waals surface area contributed by atoms with Crippen molar-refractivity contribution < 1.29 is 0 Å². The van der Waals surface area contributed by atoms with Crippen molar-refractivity contribution in [2.75, 3.05) is 0 Å². The van der Waals surface area contributed by atoms with E-state index in [9.17, 15) is 0 Å². The van der Waals surface area contributed by atoms with E-state index in [4.69, 9.17) is 6.92 Å². The molecule has 0 nitrogen and oxygen atoms in total. The van der Waals surface area contributed by atoms with Gasteiger partial charge in [-0.1, -0.05) is 89.9 Å². The topological polar surface area (TPSA) is 0 Å². The normalized spacial score (nSPS) is 10.1. The molecular formula is C18H32. The van der Waals surface area contributed by atoms with Crippen molar-refractivity contribution in [3.05, 3.63) is 6.92 Å². The number of rotatable bonds is 13. The zero-order valence-electron chi connectivity index (χ0n) is 12.5. The van der Waals surface area contributed by atoms with Crippen LogP contribution in [0.15, 0.2) is 0 Å². The highest BCUT2D eigenvalue weighted by atomic mass is 14.0. The van der Waals surface area contributed by atoms with Crippen LogP contribution in [0.2, 0.25) is 0 Å². The minimum Gasteiger partial charge on any atom is -0.103 e. The van der Waals surface area contributed by atoms with Crippen LogP contribution in [-0.2, 0) is 0 Å². The summed E-state index contributed by atoms with van der Waals surface area (Å²) in [5, 5.41) is 0. The highest BCUT2D eigenvalue weighted by Crippen LogP contribution is 2.12. The van der Waals surface area contributed by atoms with Crippen molar-refractivity contribution in [1.82, 2.24) is 0 Å². The molecular weight excluding hydrogens is 216 g/mol. The molecule has 0 bridgehead atoms. The highest BCUT2D eigenvalue weighted by molar-refractivity contribution is 5.00. The summed E-state index contributed by atoms with van der Waals surface area (Å²) in [6.45, 7) is 7.39. The van der Waals surface area contributed by atoms with E-state index in [0.717, 1.165) is 6.42 Å². The van der Waals surface area contributed by atoms with E-state index < -0.39 is 0 Å². The van der Waals surface area contributed by atoms with Crippen LogP contribution in [0.4, 0.5) is 0 Å². The van der Waals surface area contributed by atoms with Crippen LogP contribution < -0.4 is 0 Å². The first kappa shape index (κ1) is 17.6. The first-order valence-electron chi connectivity index (χ1n) is 8.10. The summed E-state index contributed by atoms with van der Waals surface area (Å²) in [6, 6.07) is 0. The Kier molecular flexibility index (Phi) is 16.2. The van der Waals surface area contributed by atoms with Crippen molar-refractivity contribution >= 4 is 0 Å². The molecule has 2 radical (unpaired) electrons. The molecule has 18 heavy (non-hydrogen) atoms. The van der Waals surface area contributed by atoms with Gasteiger partial charge in [-0.25, -0.2) is 0 Å². The Balaban J connectivity index is 2.92. The third-order valence-electron chi connectivity index (χ3n) is 3.51. The van der Waals surface area contributed by atoms with Crippen molar-refractivity contribution in [3.8, 4) is 11.8 Å². The van der Waals surface area contributed by atoms with E-state index in [1.807, 2.05) is 0 Å². The van der Waals surface area contributed by atoms with Crippen LogP contribution in [0.3, 0.4) is 0 Å². The molecule has 0 saturated carbocycles. The van der Waals surface area contributed by atoms with E-state index in [0.29, 0.717) is 0 Å². The fourth-order valence-electron chi connectivity index (χ4n) is 2.30. The first-order valence-corrected chi connectivity index (χ1v) is 8.10. The van der Waals surface area contributed by atoms with Gasteiger partial charge in [-0.3, -0.25) is 0 Å². The molecule has 0 fully saturated rings. The van der Waals surface area contributed by atoms with Crippen LogP contribution in [0.5, 0.6) is 0 Å². The molecule has 0 rings (SSSR count). The Labute approximate surface area is 116 Å². The van der Waals surface area contributed by atoms with Gasteiger partial charge in [0.1, 0.15) is 0 Å². The van der Waals surface area contributed by atoms with Crippen LogP contribution in [0.25, 0.3) is 0 Å². The largest absolute Gasteiger partial charge is 0.103 e. The second kappa shape index (κ2) is 16.6. The molecule has 0 heteroatoms. The quantitative estimate of drug-likeness (QED) is 0.269. The van der Waals surface area contributed by atoms with Crippen molar-refractivity contribution in [2.45, 2.75) is 96.8 Å². The second-order valence-corrected chi connectivity index (χ2v) is 5.31. The van der Waals surface area contributed by atoms with Gasteiger partial charge in [0.25, 0.3) is 0 Å². The summed E-state index contributed by atoms with van der Waals surface area (Å²) in [4.78, 5) is 0. The van der Waals surface area contributed by atoms with Crippen LogP contribution in [0, 0.1) is 18.8 Å². The summed E-state index contributed by atoms with van der Waals surface area (Å²) in [7, 11) is 0. The van der Waals surface area contributed by atoms with Gasteiger partial charge < -0.3 is 0 Å². The fourth-order valence-corrected chi connectivity index (χ4v) is 2.30. The minimum absolute atomic E-state index is 0.980. The smallest absolute Gasteiger partial charge is 0.0503 e. The monoisotopic (exact) mass is 248 g/mol. The average molecular weight is 248 g/mol. The summed E-state index contributed by atoms with van der Waals surface area (Å²) in [5.41, 5.74) is 0. The summed E-state index contributed by atoms with van der Waals surface area (Å²) in [6.07, 6.45) is 19.2. The maximum absolute atomic E-state index is 5.11. The van der Waals surface area contributed by atoms with Crippen LogP contribution in [0.1, 0.15) is 96.8 Å². The molecule has 0 aliphatic carbocycles. The van der Waals surface area contributed by atoms with Crippen LogP contribution in [-0.4, -0.2) is 0 Å². The first-order chi connectivity index (χ1) is 8.91. The summed E-state index contributed by atoms with van der Waals surface area (Å²) in [5.74, 6) is 5.38. The molecule has 0 atom stereocenters. The predicted octanol–water partition coefficient (Wildman–Crippen LogP) is 6.18. The minimum atomic E-state index is 0.980. The van der Waals surface area contributed by atoms with Gasteiger partial charge in [0.05, 0.1) is 6.92 Å². The Morgan fingerprint density at radius 3 is 1.39 bits per heavy atom. The van der Waals surface area contributed by atoms with Crippen molar-refractivity contribution in [3.63, 3.8) is 0 Å². The van der Waals surface area contributed by atoms with Gasteiger partial charge in [-0.2, -0.15) is 0 Å². The predicted molar refractivity (Wildman–Crippen MR) is 82.4 cm³/mol. The fraction of sp³-hybridized carbons (Fsp3) is 0.833. The van der Waals surface area contributed by atoms with Gasteiger partial charge in [-0.15, -0.1) is 5.92 Å². The van der Waals surface area contributed by atoms with E-state index in [1.165, 1.54) is 83.5 Å². The van der Waals surface area contributed by atoms with E-state index in [1.54, 1.807) is 0 Å². The standard InChI is InChI=1S/C18H32/c1-3-5-7-9-11-13-15-17-18-16-14-12-10-8-6-4-2/h1H,4,6-18H2,2H3. The Morgan fingerprint density at radius 1 is 0.611 bits per heavy atom. The van der Waals surface area contributed by atoms with E-state index >= 15 is 0 Å². The molecule has 0 unspecified atom stereocenters. The summed E-state index contributed by atoms with van der Waals surface area (Å²) < 4.78 is 0. The van der Waals surface area contributed by atoms with E-state index in [-0.39, 0.29) is 0 Å². The highest BCUT2D eigenvalue weighted by Gasteiger charge is 1.93. The lowest BCUT2D eigenvalue weighted by molar-refractivity contribution is 0.540. The maximum Gasteiger partial charge on any atom is 0.0503 e. The third kappa shape index (κ3) is 15.6. The molecule has 0 N–H and O–H groups in total. The van der Waals surface area contributed by atoms with Gasteiger partial charge in [0.2, 0.25) is 0 Å². The Hall–Kier alpha value is -0.440. The van der Waals surface area contributed by atoms with Crippen molar-refractivity contribution in [1.29, 1.82) is 0 Å². The van der Waals surface area contributed by atoms with Crippen molar-refractivity contribution in [2.24, 2.45) is 0 Å². The molecule has 0 spiro atoms. The number of hydrogen-bond donors (Lipinski definition) is 0. The number of hydrogen-bond acceptors (Lipinski definition) is 0. The molecule has 0 aromatic heterocycles. The third-order valence-corrected chi connectivity index (χ3v) is 3.51. The van der Waals surface area contributed by atoms with Gasteiger partial charge in [0, 0.05) is 6.42 Å². The molecule has 0 saturated heterocycles. The Bertz CT molecular complexity index is 194. The molecule has 0 aliphatic rings. The summed E-state index contributed by atoms with van der Waals surface area (Å²) >= 11 is 0. The molecule has 104 valence electrons. The molecule has 0 amide bonds. The molecule has 0 aromatic carbocycles. The van der Waals surface area contributed by atoms with Crippen LogP contribution >= 0.6 is 0 Å². The Morgan fingerprint density at radius 2 is 1.00 bits per heavy atom. The van der Waals surface area contributed by atoms with Gasteiger partial charge >= 0.3 is 0 Å². The SMILES string of the molecule is [CH]C#CCCCCCCCCCCCCCCC. The zero-order valence-corrected chi connectivity index (χ0v) is 12.5. The number of unbranched alkanes of at least 4 members (excludes halogenated alkanes) is 13. The second-order valence-electron chi connectivity index (χ2n) is 5.31. The van der Waals surface area contributed by atoms with Gasteiger partial charge in [0.15, 0.2) is 0 Å². The molecule has 0 aliphatic heterocycles. The maximum atomic E-state index is 5.11.